The molecule has 1 aromatic rings. The molecule has 2 nitrogen and oxygen atoms in total. The van der Waals surface area contributed by atoms with Crippen molar-refractivity contribution in [3.05, 3.63) is 29.3 Å². The summed E-state index contributed by atoms with van der Waals surface area (Å²) >= 11 is 0. The predicted molar refractivity (Wildman–Crippen MR) is 69.3 cm³/mol. The molecule has 0 heterocycles. The first-order valence-corrected chi connectivity index (χ1v) is 5.96. The largest absolute Gasteiger partial charge is 0.489 e. The van der Waals surface area contributed by atoms with E-state index in [0.717, 1.165) is 12.3 Å². The minimum Gasteiger partial charge on any atom is -0.489 e. The molecule has 2 heteroatoms. The molecule has 1 atom stereocenters. The van der Waals surface area contributed by atoms with Gasteiger partial charge in [0.15, 0.2) is 0 Å². The van der Waals surface area contributed by atoms with Gasteiger partial charge in [-0.25, -0.2) is 0 Å². The van der Waals surface area contributed by atoms with E-state index in [-0.39, 0.29) is 6.10 Å². The van der Waals surface area contributed by atoms with Crippen molar-refractivity contribution < 1.29 is 4.74 Å². The summed E-state index contributed by atoms with van der Waals surface area (Å²) in [6, 6.07) is 6.44. The maximum atomic E-state index is 5.97. The molecule has 0 bridgehead atoms. The lowest BCUT2D eigenvalue weighted by molar-refractivity contribution is 0.217. The van der Waals surface area contributed by atoms with Crippen LogP contribution in [0.2, 0.25) is 0 Å². The maximum absolute atomic E-state index is 5.97. The second kappa shape index (κ2) is 5.90. The normalized spacial score (nSPS) is 12.9. The summed E-state index contributed by atoms with van der Waals surface area (Å²) in [5.41, 5.74) is 2.53. The molecule has 1 N–H and O–H groups in total. The summed E-state index contributed by atoms with van der Waals surface area (Å²) in [6.07, 6.45) is 0.198. The van der Waals surface area contributed by atoms with Gasteiger partial charge in [0.2, 0.25) is 0 Å². The third-order valence-electron chi connectivity index (χ3n) is 2.61. The van der Waals surface area contributed by atoms with Gasteiger partial charge < -0.3 is 10.1 Å². The maximum Gasteiger partial charge on any atom is 0.123 e. The molecule has 0 aliphatic heterocycles. The van der Waals surface area contributed by atoms with Crippen LogP contribution in [0, 0.1) is 6.92 Å². The number of likely N-dealkylation sites (N-methyl/N-ethyl adjacent to an activating group) is 1. The second-order valence-electron chi connectivity index (χ2n) is 4.68. The number of hydrogen-bond acceptors (Lipinski definition) is 2. The molecule has 0 saturated carbocycles. The fourth-order valence-electron chi connectivity index (χ4n) is 1.77. The first-order valence-electron chi connectivity index (χ1n) is 5.96. The molecule has 0 spiro atoms. The van der Waals surface area contributed by atoms with Gasteiger partial charge in [0.1, 0.15) is 11.9 Å². The van der Waals surface area contributed by atoms with Crippen molar-refractivity contribution in [2.45, 2.75) is 39.7 Å². The third kappa shape index (κ3) is 3.53. The van der Waals surface area contributed by atoms with Gasteiger partial charge in [-0.2, -0.15) is 0 Å². The molecule has 0 aliphatic rings. The van der Waals surface area contributed by atoms with Gasteiger partial charge in [0.25, 0.3) is 0 Å². The first-order chi connectivity index (χ1) is 7.54. The van der Waals surface area contributed by atoms with Crippen LogP contribution in [0.5, 0.6) is 5.75 Å². The van der Waals surface area contributed by atoms with E-state index in [2.05, 4.69) is 51.2 Å². The zero-order valence-corrected chi connectivity index (χ0v) is 11.0. The summed E-state index contributed by atoms with van der Waals surface area (Å²) in [6.45, 7) is 9.44. The number of aryl methyl sites for hydroxylation is 1. The molecule has 0 aliphatic carbocycles. The number of hydrogen-bond donors (Lipinski definition) is 1. The SMILES string of the molecule is CNCC(C)Oc1cc(C)ccc1C(C)C. The molecule has 1 aromatic carbocycles. The van der Waals surface area contributed by atoms with Crippen molar-refractivity contribution in [1.82, 2.24) is 5.32 Å². The van der Waals surface area contributed by atoms with Gasteiger partial charge in [0.05, 0.1) is 0 Å². The van der Waals surface area contributed by atoms with Gasteiger partial charge in [-0.05, 0) is 44.0 Å². The molecule has 0 fully saturated rings. The van der Waals surface area contributed by atoms with Crippen molar-refractivity contribution in [3.63, 3.8) is 0 Å². The molecule has 0 radical (unpaired) electrons. The second-order valence-corrected chi connectivity index (χ2v) is 4.68. The molecule has 90 valence electrons. The Morgan fingerprint density at radius 2 is 1.94 bits per heavy atom. The minimum atomic E-state index is 0.198. The Morgan fingerprint density at radius 1 is 1.25 bits per heavy atom. The first kappa shape index (κ1) is 13.0. The van der Waals surface area contributed by atoms with Crippen LogP contribution in [0.15, 0.2) is 18.2 Å². The van der Waals surface area contributed by atoms with Crippen LogP contribution in [-0.2, 0) is 0 Å². The smallest absolute Gasteiger partial charge is 0.123 e. The van der Waals surface area contributed by atoms with Crippen LogP contribution in [0.25, 0.3) is 0 Å². The average molecular weight is 221 g/mol. The lowest BCUT2D eigenvalue weighted by Gasteiger charge is -2.19. The molecule has 1 rings (SSSR count). The Morgan fingerprint density at radius 3 is 2.50 bits per heavy atom. The van der Waals surface area contributed by atoms with Gasteiger partial charge in [-0.15, -0.1) is 0 Å². The Balaban J connectivity index is 2.87. The van der Waals surface area contributed by atoms with E-state index >= 15 is 0 Å². The molecule has 0 saturated heterocycles. The highest BCUT2D eigenvalue weighted by Crippen LogP contribution is 2.28. The highest BCUT2D eigenvalue weighted by molar-refractivity contribution is 5.39. The van der Waals surface area contributed by atoms with Crippen LogP contribution in [0.3, 0.4) is 0 Å². The lowest BCUT2D eigenvalue weighted by atomic mass is 10.0. The molecular formula is C14H23NO. The van der Waals surface area contributed by atoms with Gasteiger partial charge in [-0.3, -0.25) is 0 Å². The average Bonchev–Trinajstić information content (AvgIpc) is 2.17. The molecule has 0 amide bonds. The lowest BCUT2D eigenvalue weighted by Crippen LogP contribution is -2.26. The molecule has 0 aromatic heterocycles. The van der Waals surface area contributed by atoms with Crippen LogP contribution in [-0.4, -0.2) is 19.7 Å². The van der Waals surface area contributed by atoms with E-state index in [0.29, 0.717) is 5.92 Å². The monoisotopic (exact) mass is 221 g/mol. The predicted octanol–water partition coefficient (Wildman–Crippen LogP) is 3.11. The Labute approximate surface area is 99.0 Å². The van der Waals surface area contributed by atoms with E-state index < -0.39 is 0 Å². The quantitative estimate of drug-likeness (QED) is 0.825. The van der Waals surface area contributed by atoms with E-state index in [1.807, 2.05) is 7.05 Å². The zero-order valence-electron chi connectivity index (χ0n) is 11.0. The molecule has 16 heavy (non-hydrogen) atoms. The number of benzene rings is 1. The fraction of sp³-hybridized carbons (Fsp3) is 0.571. The van der Waals surface area contributed by atoms with Crippen molar-refractivity contribution in [2.24, 2.45) is 0 Å². The van der Waals surface area contributed by atoms with Gasteiger partial charge in [0, 0.05) is 6.54 Å². The summed E-state index contributed by atoms with van der Waals surface area (Å²) in [4.78, 5) is 0. The third-order valence-corrected chi connectivity index (χ3v) is 2.61. The Kier molecular flexibility index (Phi) is 4.81. The van der Waals surface area contributed by atoms with Crippen molar-refractivity contribution in [2.75, 3.05) is 13.6 Å². The van der Waals surface area contributed by atoms with Gasteiger partial charge in [-0.1, -0.05) is 26.0 Å². The van der Waals surface area contributed by atoms with Crippen molar-refractivity contribution in [3.8, 4) is 5.75 Å². The van der Waals surface area contributed by atoms with Crippen LogP contribution in [0.4, 0.5) is 0 Å². The standard InChI is InChI=1S/C14H23NO/c1-10(2)13-7-6-11(3)8-14(13)16-12(4)9-15-5/h6-8,10,12,15H,9H2,1-5H3. The molecule has 1 unspecified atom stereocenters. The summed E-state index contributed by atoms with van der Waals surface area (Å²) < 4.78 is 5.97. The van der Waals surface area contributed by atoms with Crippen molar-refractivity contribution >= 4 is 0 Å². The highest BCUT2D eigenvalue weighted by atomic mass is 16.5. The summed E-state index contributed by atoms with van der Waals surface area (Å²) in [5.74, 6) is 1.52. The number of nitrogens with one attached hydrogen (secondary N) is 1. The number of ether oxygens (including phenoxy) is 1. The van der Waals surface area contributed by atoms with Crippen molar-refractivity contribution in [1.29, 1.82) is 0 Å². The van der Waals surface area contributed by atoms with Crippen LogP contribution in [0.1, 0.15) is 37.8 Å². The fourth-order valence-corrected chi connectivity index (χ4v) is 1.77. The van der Waals surface area contributed by atoms with Gasteiger partial charge >= 0.3 is 0 Å². The van der Waals surface area contributed by atoms with Crippen LogP contribution < -0.4 is 10.1 Å². The van der Waals surface area contributed by atoms with E-state index in [4.69, 9.17) is 4.74 Å². The summed E-state index contributed by atoms with van der Waals surface area (Å²) in [7, 11) is 1.94. The summed E-state index contributed by atoms with van der Waals surface area (Å²) in [5, 5.41) is 3.13. The van der Waals surface area contributed by atoms with Crippen LogP contribution >= 0.6 is 0 Å². The zero-order chi connectivity index (χ0) is 12.1. The highest BCUT2D eigenvalue weighted by Gasteiger charge is 2.10. The van der Waals surface area contributed by atoms with E-state index in [1.165, 1.54) is 11.1 Å². The Hall–Kier alpha value is -1.02. The number of rotatable bonds is 5. The minimum absolute atomic E-state index is 0.198. The Bertz CT molecular complexity index is 334. The topological polar surface area (TPSA) is 21.3 Å². The molecular weight excluding hydrogens is 198 g/mol. The van der Waals surface area contributed by atoms with E-state index in [1.54, 1.807) is 0 Å². The van der Waals surface area contributed by atoms with E-state index in [9.17, 15) is 0 Å².